The molecular weight excluding hydrogens is 148 g/mol. The Morgan fingerprint density at radius 3 is 2.40 bits per heavy atom. The Labute approximate surface area is 67.2 Å². The van der Waals surface area contributed by atoms with Gasteiger partial charge in [0, 0.05) is 6.92 Å². The van der Waals surface area contributed by atoms with Gasteiger partial charge in [0.25, 0.3) is 0 Å². The van der Waals surface area contributed by atoms with E-state index in [9.17, 15) is 4.79 Å². The highest BCUT2D eigenvalue weighted by molar-refractivity contribution is 7.80. The van der Waals surface area contributed by atoms with Gasteiger partial charge in [-0.15, -0.1) is 0 Å². The highest BCUT2D eigenvalue weighted by atomic mass is 32.1. The molecule has 0 aliphatic carbocycles. The number of hydrogen-bond acceptors (Lipinski definition) is 3. The van der Waals surface area contributed by atoms with Gasteiger partial charge in [0.05, 0.1) is 12.0 Å². The zero-order valence-corrected chi connectivity index (χ0v) is 7.48. The molecule has 0 radical (unpaired) electrons. The van der Waals surface area contributed by atoms with Gasteiger partial charge in [-0.3, -0.25) is 4.79 Å². The third-order valence-corrected chi connectivity index (χ3v) is 1.46. The van der Waals surface area contributed by atoms with Gasteiger partial charge in [0.2, 0.25) is 5.91 Å². The molecule has 4 heteroatoms. The van der Waals surface area contributed by atoms with Crippen LogP contribution >= 0.6 is 12.6 Å². The molecule has 0 bridgehead atoms. The lowest BCUT2D eigenvalue weighted by atomic mass is 10.5. The molecule has 0 aliphatic rings. The Balaban J connectivity index is 3.85. The molecule has 0 aromatic rings. The fraction of sp³-hybridized carbons (Fsp3) is 0.833. The van der Waals surface area contributed by atoms with Crippen LogP contribution in [0, 0.1) is 0 Å². The van der Waals surface area contributed by atoms with E-state index in [1.54, 1.807) is 11.9 Å². The molecule has 3 nitrogen and oxygen atoms in total. The first-order valence-corrected chi connectivity index (χ1v) is 3.71. The molecule has 0 spiro atoms. The molecule has 1 amide bonds. The van der Waals surface area contributed by atoms with Crippen LogP contribution in [-0.4, -0.2) is 29.9 Å². The second kappa shape index (κ2) is 4.57. The molecule has 0 fully saturated rings. The van der Waals surface area contributed by atoms with Gasteiger partial charge in [-0.25, -0.2) is 0 Å². The number of amides is 1. The summed E-state index contributed by atoms with van der Waals surface area (Å²) < 4.78 is 0. The third kappa shape index (κ3) is 3.08. The van der Waals surface area contributed by atoms with E-state index in [0.29, 0.717) is 6.67 Å². The number of hydrogen-bond donors (Lipinski definition) is 2. The molecule has 1 unspecified atom stereocenters. The summed E-state index contributed by atoms with van der Waals surface area (Å²) in [6, 6.07) is 0. The fourth-order valence-electron chi connectivity index (χ4n) is 0.677. The van der Waals surface area contributed by atoms with E-state index < -0.39 is 0 Å². The van der Waals surface area contributed by atoms with Crippen molar-refractivity contribution in [2.75, 3.05) is 13.7 Å². The summed E-state index contributed by atoms with van der Waals surface area (Å²) in [4.78, 5) is 12.4. The lowest BCUT2D eigenvalue weighted by molar-refractivity contribution is -0.129. The third-order valence-electron chi connectivity index (χ3n) is 1.18. The van der Waals surface area contributed by atoms with Crippen molar-refractivity contribution in [1.29, 1.82) is 0 Å². The average molecular weight is 162 g/mol. The zero-order valence-electron chi connectivity index (χ0n) is 6.59. The maximum atomic E-state index is 10.8. The van der Waals surface area contributed by atoms with Crippen LogP contribution in [0.3, 0.4) is 0 Å². The predicted molar refractivity (Wildman–Crippen MR) is 44.9 cm³/mol. The Morgan fingerprint density at radius 1 is 1.80 bits per heavy atom. The van der Waals surface area contributed by atoms with Crippen LogP contribution in [0.15, 0.2) is 0 Å². The molecule has 0 heterocycles. The Hall–Kier alpha value is -0.220. The second-order valence-electron chi connectivity index (χ2n) is 2.13. The van der Waals surface area contributed by atoms with Gasteiger partial charge in [-0.05, 0) is 14.0 Å². The van der Waals surface area contributed by atoms with Crippen LogP contribution in [0.5, 0.6) is 0 Å². The van der Waals surface area contributed by atoms with E-state index >= 15 is 0 Å². The lowest BCUT2D eigenvalue weighted by Crippen LogP contribution is -2.39. The largest absolute Gasteiger partial charge is 0.319 e. The highest BCUT2D eigenvalue weighted by Crippen LogP contribution is 2.00. The van der Waals surface area contributed by atoms with Crippen molar-refractivity contribution < 1.29 is 4.79 Å². The van der Waals surface area contributed by atoms with Gasteiger partial charge in [-0.2, -0.15) is 12.6 Å². The SMILES string of the molecule is CNCN(C(C)=O)C(C)S. The first kappa shape index (κ1) is 9.78. The van der Waals surface area contributed by atoms with Crippen LogP contribution in [0.2, 0.25) is 0 Å². The van der Waals surface area contributed by atoms with Crippen LogP contribution in [0.1, 0.15) is 13.8 Å². The Bertz CT molecular complexity index is 116. The summed E-state index contributed by atoms with van der Waals surface area (Å²) in [5, 5.41) is 2.86. The Kier molecular flexibility index (Phi) is 4.47. The van der Waals surface area contributed by atoms with Crippen LogP contribution in [0.25, 0.3) is 0 Å². The van der Waals surface area contributed by atoms with Crippen LogP contribution in [0.4, 0.5) is 0 Å². The van der Waals surface area contributed by atoms with E-state index in [1.165, 1.54) is 6.92 Å². The molecule has 60 valence electrons. The summed E-state index contributed by atoms with van der Waals surface area (Å²) in [6.45, 7) is 3.95. The standard InChI is InChI=1S/C6H14N2OS/c1-5(9)8(4-7-3)6(2)10/h6-7,10H,4H2,1-3H3. The summed E-state index contributed by atoms with van der Waals surface area (Å²) in [7, 11) is 1.80. The van der Waals surface area contributed by atoms with Gasteiger partial charge in [0.15, 0.2) is 0 Å². The molecule has 1 atom stereocenters. The van der Waals surface area contributed by atoms with Crippen molar-refractivity contribution in [2.45, 2.75) is 19.2 Å². The quantitative estimate of drug-likeness (QED) is 0.462. The van der Waals surface area contributed by atoms with Crippen molar-refractivity contribution in [3.05, 3.63) is 0 Å². The molecule has 1 N–H and O–H groups in total. The number of thiol groups is 1. The maximum absolute atomic E-state index is 10.8. The van der Waals surface area contributed by atoms with Gasteiger partial charge in [-0.1, -0.05) is 0 Å². The van der Waals surface area contributed by atoms with E-state index in [4.69, 9.17) is 0 Å². The summed E-state index contributed by atoms with van der Waals surface area (Å²) >= 11 is 4.13. The minimum atomic E-state index is -0.0232. The van der Waals surface area contributed by atoms with Crippen molar-refractivity contribution in [3.8, 4) is 0 Å². The minimum absolute atomic E-state index is 0.0232. The Morgan fingerprint density at radius 2 is 2.30 bits per heavy atom. The molecule has 0 aliphatic heterocycles. The van der Waals surface area contributed by atoms with Crippen LogP contribution in [-0.2, 0) is 4.79 Å². The highest BCUT2D eigenvalue weighted by Gasteiger charge is 2.10. The van der Waals surface area contributed by atoms with Gasteiger partial charge < -0.3 is 10.2 Å². The van der Waals surface area contributed by atoms with Crippen molar-refractivity contribution in [1.82, 2.24) is 10.2 Å². The van der Waals surface area contributed by atoms with E-state index in [2.05, 4.69) is 17.9 Å². The number of carbonyl (C=O) groups is 1. The number of carbonyl (C=O) groups excluding carboxylic acids is 1. The average Bonchev–Trinajstić information content (AvgIpc) is 1.81. The summed E-state index contributed by atoms with van der Waals surface area (Å²) in [6.07, 6.45) is 0. The normalized spacial score (nSPS) is 12.8. The van der Waals surface area contributed by atoms with Gasteiger partial charge in [0.1, 0.15) is 0 Å². The monoisotopic (exact) mass is 162 g/mol. The second-order valence-corrected chi connectivity index (χ2v) is 2.88. The molecule has 0 saturated carbocycles. The van der Waals surface area contributed by atoms with Crippen molar-refractivity contribution >= 4 is 18.5 Å². The number of nitrogens with zero attached hydrogens (tertiary/aromatic N) is 1. The van der Waals surface area contributed by atoms with Crippen molar-refractivity contribution in [3.63, 3.8) is 0 Å². The predicted octanol–water partition coefficient (Wildman–Crippen LogP) is 0.288. The smallest absolute Gasteiger partial charge is 0.221 e. The summed E-state index contributed by atoms with van der Waals surface area (Å²) in [5.41, 5.74) is 0. The molecule has 10 heavy (non-hydrogen) atoms. The number of rotatable bonds is 3. The first-order valence-electron chi connectivity index (χ1n) is 3.19. The number of nitrogens with one attached hydrogen (secondary N) is 1. The topological polar surface area (TPSA) is 32.3 Å². The fourth-order valence-corrected chi connectivity index (χ4v) is 0.921. The molecule has 0 rings (SSSR count). The van der Waals surface area contributed by atoms with E-state index in [0.717, 1.165) is 0 Å². The van der Waals surface area contributed by atoms with Gasteiger partial charge >= 0.3 is 0 Å². The lowest BCUT2D eigenvalue weighted by Gasteiger charge is -2.23. The zero-order chi connectivity index (χ0) is 8.15. The summed E-state index contributed by atoms with van der Waals surface area (Å²) in [5.74, 6) is 0.0388. The maximum Gasteiger partial charge on any atom is 0.221 e. The first-order chi connectivity index (χ1) is 4.59. The van der Waals surface area contributed by atoms with Crippen LogP contribution < -0.4 is 5.32 Å². The minimum Gasteiger partial charge on any atom is -0.319 e. The van der Waals surface area contributed by atoms with E-state index in [-0.39, 0.29) is 11.3 Å². The molecular formula is C6H14N2OS. The van der Waals surface area contributed by atoms with Crippen molar-refractivity contribution in [2.24, 2.45) is 0 Å². The van der Waals surface area contributed by atoms with E-state index in [1.807, 2.05) is 6.92 Å². The molecule has 0 saturated heterocycles. The molecule has 0 aromatic carbocycles. The molecule has 0 aromatic heterocycles.